The summed E-state index contributed by atoms with van der Waals surface area (Å²) >= 11 is 13.1. The fourth-order valence-electron chi connectivity index (χ4n) is 2.55. The minimum absolute atomic E-state index is 0.0400. The van der Waals surface area contributed by atoms with E-state index in [1.54, 1.807) is 18.2 Å². The molecule has 2 aromatic carbocycles. The molecule has 0 aliphatic carbocycles. The molecule has 1 aliphatic rings. The van der Waals surface area contributed by atoms with E-state index < -0.39 is 5.25 Å². The minimum Gasteiger partial charge on any atom is -0.326 e. The van der Waals surface area contributed by atoms with Gasteiger partial charge in [-0.05, 0) is 30.2 Å². The van der Waals surface area contributed by atoms with Gasteiger partial charge in [0.25, 0.3) is 0 Å². The lowest BCUT2D eigenvalue weighted by Crippen LogP contribution is -2.28. The summed E-state index contributed by atoms with van der Waals surface area (Å²) in [5.74, 6) is -0.496. The monoisotopic (exact) mass is 421 g/mol. The Bertz CT molecular complexity index is 854. The van der Waals surface area contributed by atoms with Crippen LogP contribution in [0, 0.1) is 0 Å². The van der Waals surface area contributed by atoms with Crippen LogP contribution in [-0.4, -0.2) is 28.8 Å². The number of carbonyl (C=O) groups is 2. The zero-order valence-corrected chi connectivity index (χ0v) is 16.6. The molecule has 1 atom stereocenters. The smallest absolute Gasteiger partial charge is 0.240 e. The number of benzene rings is 2. The zero-order valence-electron chi connectivity index (χ0n) is 14.2. The molecule has 2 N–H and O–H groups in total. The highest BCUT2D eigenvalue weighted by atomic mass is 35.5. The van der Waals surface area contributed by atoms with E-state index in [2.05, 4.69) is 15.6 Å². The van der Waals surface area contributed by atoms with Crippen molar-refractivity contribution in [1.82, 2.24) is 5.32 Å². The number of nitrogens with zero attached hydrogens (tertiary/aromatic N) is 1. The average Bonchev–Trinajstić information content (AvgIpc) is 2.94. The third kappa shape index (κ3) is 5.99. The summed E-state index contributed by atoms with van der Waals surface area (Å²) in [5, 5.41) is 6.35. The first-order chi connectivity index (χ1) is 13.0. The predicted octanol–water partition coefficient (Wildman–Crippen LogP) is 4.15. The van der Waals surface area contributed by atoms with E-state index in [-0.39, 0.29) is 18.2 Å². The molecule has 2 aromatic rings. The molecular formula is C19H17Cl2N3O2S. The van der Waals surface area contributed by atoms with Crippen molar-refractivity contribution in [2.24, 2.45) is 4.99 Å². The lowest BCUT2D eigenvalue weighted by atomic mass is 10.2. The second-order valence-corrected chi connectivity index (χ2v) is 7.99. The molecule has 0 saturated carbocycles. The van der Waals surface area contributed by atoms with Gasteiger partial charge in [-0.3, -0.25) is 14.6 Å². The molecule has 1 aliphatic heterocycles. The van der Waals surface area contributed by atoms with Gasteiger partial charge in [-0.1, -0.05) is 65.3 Å². The first-order valence-corrected chi connectivity index (χ1v) is 9.95. The molecule has 0 spiro atoms. The fraction of sp³-hybridized carbons (Fsp3) is 0.211. The van der Waals surface area contributed by atoms with Gasteiger partial charge in [0, 0.05) is 28.7 Å². The standard InChI is InChI=1S/C19H17Cl2N3O2S/c20-13-8-14(21)10-15(9-13)23-17(25)11-16-18(26)24-19(27-16)22-7-6-12-4-2-1-3-5-12/h1-5,8-10,16H,6-7,11H2,(H,23,25)(H,22,24,26). The first-order valence-electron chi connectivity index (χ1n) is 8.31. The molecule has 2 amide bonds. The average molecular weight is 422 g/mol. The number of amides is 2. The molecule has 8 heteroatoms. The number of anilines is 1. The highest BCUT2D eigenvalue weighted by Gasteiger charge is 2.31. The summed E-state index contributed by atoms with van der Waals surface area (Å²) < 4.78 is 0. The Morgan fingerprint density at radius 1 is 1.15 bits per heavy atom. The molecule has 1 fully saturated rings. The molecule has 0 radical (unpaired) electrons. The third-order valence-corrected chi connectivity index (χ3v) is 5.35. The summed E-state index contributed by atoms with van der Waals surface area (Å²) in [6.07, 6.45) is 0.833. The van der Waals surface area contributed by atoms with Gasteiger partial charge >= 0.3 is 0 Å². The summed E-state index contributed by atoms with van der Waals surface area (Å²) in [7, 11) is 0. The van der Waals surface area contributed by atoms with E-state index in [0.29, 0.717) is 27.4 Å². The van der Waals surface area contributed by atoms with Gasteiger partial charge in [0.2, 0.25) is 11.8 Å². The molecule has 3 rings (SSSR count). The van der Waals surface area contributed by atoms with Crippen LogP contribution in [0.15, 0.2) is 53.5 Å². The Morgan fingerprint density at radius 2 is 1.85 bits per heavy atom. The molecule has 0 aromatic heterocycles. The molecule has 5 nitrogen and oxygen atoms in total. The van der Waals surface area contributed by atoms with Crippen molar-refractivity contribution in [2.75, 3.05) is 11.9 Å². The summed E-state index contributed by atoms with van der Waals surface area (Å²) in [6, 6.07) is 14.8. The maximum atomic E-state index is 12.2. The van der Waals surface area contributed by atoms with Crippen LogP contribution in [-0.2, 0) is 16.0 Å². The van der Waals surface area contributed by atoms with Crippen LogP contribution < -0.4 is 10.6 Å². The summed E-state index contributed by atoms with van der Waals surface area (Å²) in [6.45, 7) is 0.576. The van der Waals surface area contributed by atoms with E-state index in [1.807, 2.05) is 30.3 Å². The van der Waals surface area contributed by atoms with Crippen LogP contribution in [0.25, 0.3) is 0 Å². The molecule has 140 valence electrons. The topological polar surface area (TPSA) is 70.6 Å². The lowest BCUT2D eigenvalue weighted by Gasteiger charge is -2.08. The van der Waals surface area contributed by atoms with Crippen LogP contribution >= 0.6 is 35.0 Å². The zero-order chi connectivity index (χ0) is 19.2. The van der Waals surface area contributed by atoms with Gasteiger partial charge in [-0.2, -0.15) is 0 Å². The van der Waals surface area contributed by atoms with Crippen LogP contribution in [0.1, 0.15) is 12.0 Å². The van der Waals surface area contributed by atoms with Crippen molar-refractivity contribution in [1.29, 1.82) is 0 Å². The third-order valence-electron chi connectivity index (χ3n) is 3.79. The lowest BCUT2D eigenvalue weighted by molar-refractivity contribution is -0.122. The number of rotatable bonds is 6. The highest BCUT2D eigenvalue weighted by molar-refractivity contribution is 8.15. The molecule has 1 unspecified atom stereocenters. The van der Waals surface area contributed by atoms with Gasteiger partial charge < -0.3 is 10.6 Å². The second-order valence-electron chi connectivity index (χ2n) is 5.93. The largest absolute Gasteiger partial charge is 0.326 e. The van der Waals surface area contributed by atoms with Gasteiger partial charge in [-0.15, -0.1) is 0 Å². The fourth-order valence-corrected chi connectivity index (χ4v) is 4.07. The summed E-state index contributed by atoms with van der Waals surface area (Å²) in [4.78, 5) is 28.7. The maximum Gasteiger partial charge on any atom is 0.240 e. The SMILES string of the molecule is O=C(CC1SC(=NCCc2ccccc2)NC1=O)Nc1cc(Cl)cc(Cl)c1. The number of carbonyl (C=O) groups excluding carboxylic acids is 2. The maximum absolute atomic E-state index is 12.2. The van der Waals surface area contributed by atoms with E-state index in [9.17, 15) is 9.59 Å². The van der Waals surface area contributed by atoms with E-state index >= 15 is 0 Å². The van der Waals surface area contributed by atoms with Gasteiger partial charge in [0.15, 0.2) is 5.17 Å². The van der Waals surface area contributed by atoms with Crippen LogP contribution in [0.5, 0.6) is 0 Å². The van der Waals surface area contributed by atoms with Crippen LogP contribution in [0.3, 0.4) is 0 Å². The van der Waals surface area contributed by atoms with Crippen LogP contribution in [0.4, 0.5) is 5.69 Å². The number of nitrogens with one attached hydrogen (secondary N) is 2. The molecule has 1 saturated heterocycles. The summed E-state index contributed by atoms with van der Waals surface area (Å²) in [5.41, 5.74) is 1.69. The highest BCUT2D eigenvalue weighted by Crippen LogP contribution is 2.25. The van der Waals surface area contributed by atoms with E-state index in [1.165, 1.54) is 17.3 Å². The predicted molar refractivity (Wildman–Crippen MR) is 112 cm³/mol. The Hall–Kier alpha value is -2.02. The number of thioether (sulfide) groups is 1. The number of amidine groups is 1. The van der Waals surface area contributed by atoms with Crippen molar-refractivity contribution in [3.05, 3.63) is 64.1 Å². The number of halogens is 2. The number of hydrogen-bond donors (Lipinski definition) is 2. The minimum atomic E-state index is -0.505. The molecule has 27 heavy (non-hydrogen) atoms. The van der Waals surface area contributed by atoms with Crippen molar-refractivity contribution < 1.29 is 9.59 Å². The first kappa shape index (κ1) is 19.7. The molecule has 1 heterocycles. The molecular weight excluding hydrogens is 405 g/mol. The van der Waals surface area contributed by atoms with Gasteiger partial charge in [0.1, 0.15) is 5.25 Å². The van der Waals surface area contributed by atoms with Crippen molar-refractivity contribution in [2.45, 2.75) is 18.1 Å². The van der Waals surface area contributed by atoms with E-state index in [0.717, 1.165) is 6.42 Å². The Morgan fingerprint density at radius 3 is 2.56 bits per heavy atom. The van der Waals surface area contributed by atoms with Gasteiger partial charge in [0.05, 0.1) is 0 Å². The Balaban J connectivity index is 1.51. The second kappa shape index (κ2) is 9.26. The van der Waals surface area contributed by atoms with Crippen molar-refractivity contribution >= 4 is 57.6 Å². The molecule has 0 bridgehead atoms. The Labute approximate surface area is 171 Å². The van der Waals surface area contributed by atoms with Crippen LogP contribution in [0.2, 0.25) is 10.0 Å². The van der Waals surface area contributed by atoms with Gasteiger partial charge in [-0.25, -0.2) is 0 Å². The quantitative estimate of drug-likeness (QED) is 0.735. The van der Waals surface area contributed by atoms with E-state index in [4.69, 9.17) is 23.2 Å². The van der Waals surface area contributed by atoms with Crippen molar-refractivity contribution in [3.8, 4) is 0 Å². The normalized spacial score (nSPS) is 17.8. The van der Waals surface area contributed by atoms with Crippen molar-refractivity contribution in [3.63, 3.8) is 0 Å². The Kier molecular flexibility index (Phi) is 6.77. The number of hydrogen-bond acceptors (Lipinski definition) is 4. The number of aliphatic imine (C=N–C) groups is 1.